The number of anilines is 1. The van der Waals surface area contributed by atoms with Crippen molar-refractivity contribution in [3.63, 3.8) is 0 Å². The molecule has 0 aromatic heterocycles. The lowest BCUT2D eigenvalue weighted by molar-refractivity contribution is -0.384. The summed E-state index contributed by atoms with van der Waals surface area (Å²) in [5, 5.41) is 20.2. The van der Waals surface area contributed by atoms with E-state index >= 15 is 0 Å². The minimum atomic E-state index is -0.958. The van der Waals surface area contributed by atoms with E-state index in [0.717, 1.165) is 0 Å². The molecule has 1 saturated heterocycles. The largest absolute Gasteiger partial charge is 0.480 e. The molecule has 0 bridgehead atoms. The molecule has 1 heterocycles. The average molecular weight is 319 g/mol. The number of hydrogen-bond donors (Lipinski definition) is 1. The van der Waals surface area contributed by atoms with Crippen LogP contribution in [0.2, 0.25) is 10.0 Å². The van der Waals surface area contributed by atoms with Crippen molar-refractivity contribution in [1.29, 1.82) is 0 Å². The molecule has 1 N–H and O–H groups in total. The van der Waals surface area contributed by atoms with Gasteiger partial charge in [-0.3, -0.25) is 10.1 Å². The van der Waals surface area contributed by atoms with Crippen LogP contribution in [0.5, 0.6) is 0 Å². The van der Waals surface area contributed by atoms with Gasteiger partial charge in [0.1, 0.15) is 6.04 Å². The summed E-state index contributed by atoms with van der Waals surface area (Å²) in [5.41, 5.74) is 0.124. The fraction of sp³-hybridized carbons (Fsp3) is 0.417. The van der Waals surface area contributed by atoms with Crippen molar-refractivity contribution in [2.24, 2.45) is 5.92 Å². The number of nitro groups is 1. The van der Waals surface area contributed by atoms with E-state index < -0.39 is 16.9 Å². The Balaban J connectivity index is 2.48. The van der Waals surface area contributed by atoms with E-state index in [-0.39, 0.29) is 21.7 Å². The molecule has 6 nitrogen and oxygen atoms in total. The molecule has 1 fully saturated rings. The van der Waals surface area contributed by atoms with Crippen LogP contribution in [0.25, 0.3) is 0 Å². The molecule has 0 aliphatic carbocycles. The third-order valence-corrected chi connectivity index (χ3v) is 4.03. The van der Waals surface area contributed by atoms with Crippen molar-refractivity contribution in [1.82, 2.24) is 0 Å². The molecule has 1 aromatic carbocycles. The van der Waals surface area contributed by atoms with E-state index in [2.05, 4.69) is 0 Å². The van der Waals surface area contributed by atoms with Crippen LogP contribution in [0.15, 0.2) is 12.1 Å². The Labute approximate surface area is 125 Å². The molecule has 1 aliphatic rings. The summed E-state index contributed by atoms with van der Waals surface area (Å²) in [4.78, 5) is 23.1. The molecule has 2 unspecified atom stereocenters. The SMILES string of the molecule is CC1CCN(c2c(Cl)cc([N+](=O)[O-])cc2Cl)C1C(=O)O. The van der Waals surface area contributed by atoms with Crippen LogP contribution in [0.1, 0.15) is 13.3 Å². The van der Waals surface area contributed by atoms with Gasteiger partial charge in [0.25, 0.3) is 5.69 Å². The van der Waals surface area contributed by atoms with Gasteiger partial charge in [0, 0.05) is 18.7 Å². The zero-order chi connectivity index (χ0) is 15.0. The maximum atomic E-state index is 11.4. The lowest BCUT2D eigenvalue weighted by Crippen LogP contribution is -2.39. The lowest BCUT2D eigenvalue weighted by Gasteiger charge is -2.27. The highest BCUT2D eigenvalue weighted by Crippen LogP contribution is 2.41. The number of hydrogen-bond acceptors (Lipinski definition) is 4. The summed E-state index contributed by atoms with van der Waals surface area (Å²) in [5.74, 6) is -1.00. The van der Waals surface area contributed by atoms with E-state index in [1.807, 2.05) is 6.92 Å². The topological polar surface area (TPSA) is 83.7 Å². The van der Waals surface area contributed by atoms with Crippen LogP contribution in [0.3, 0.4) is 0 Å². The minimum absolute atomic E-state index is 0.0465. The Kier molecular flexibility index (Phi) is 4.06. The Hall–Kier alpha value is -1.53. The van der Waals surface area contributed by atoms with Crippen molar-refractivity contribution in [2.45, 2.75) is 19.4 Å². The van der Waals surface area contributed by atoms with Gasteiger partial charge in [-0.2, -0.15) is 0 Å². The predicted molar refractivity (Wildman–Crippen MR) is 75.7 cm³/mol. The second-order valence-electron chi connectivity index (χ2n) is 4.76. The molecule has 0 radical (unpaired) electrons. The van der Waals surface area contributed by atoms with Crippen LogP contribution in [0.4, 0.5) is 11.4 Å². The first kappa shape index (κ1) is 14.9. The highest BCUT2D eigenvalue weighted by Gasteiger charge is 2.38. The number of halogens is 2. The van der Waals surface area contributed by atoms with Gasteiger partial charge in [-0.15, -0.1) is 0 Å². The normalized spacial score (nSPS) is 22.1. The van der Waals surface area contributed by atoms with Gasteiger partial charge in [-0.1, -0.05) is 30.1 Å². The fourth-order valence-electron chi connectivity index (χ4n) is 2.51. The molecule has 0 spiro atoms. The third kappa shape index (κ3) is 2.53. The Morgan fingerprint density at radius 2 is 2.00 bits per heavy atom. The van der Waals surface area contributed by atoms with Crippen LogP contribution < -0.4 is 4.90 Å². The van der Waals surface area contributed by atoms with Crippen molar-refractivity contribution in [3.8, 4) is 0 Å². The number of non-ortho nitro benzene ring substituents is 1. The predicted octanol–water partition coefficient (Wildman–Crippen LogP) is 3.20. The van der Waals surface area contributed by atoms with Crippen LogP contribution >= 0.6 is 23.2 Å². The van der Waals surface area contributed by atoms with Gasteiger partial charge >= 0.3 is 5.97 Å². The standard InChI is InChI=1S/C12H12Cl2N2O4/c1-6-2-3-15(10(6)12(17)18)11-8(13)4-7(16(19)20)5-9(11)14/h4-6,10H,2-3H2,1H3,(H,17,18). The van der Waals surface area contributed by atoms with E-state index in [4.69, 9.17) is 23.2 Å². The highest BCUT2D eigenvalue weighted by atomic mass is 35.5. The van der Waals surface area contributed by atoms with Crippen LogP contribution in [-0.2, 0) is 4.79 Å². The number of carbonyl (C=O) groups is 1. The molecule has 0 amide bonds. The number of nitrogens with zero attached hydrogens (tertiary/aromatic N) is 2. The number of carboxylic acids is 1. The molecule has 2 atom stereocenters. The first-order valence-corrected chi connectivity index (χ1v) is 6.71. The molecule has 0 saturated carbocycles. The average Bonchev–Trinajstić information content (AvgIpc) is 2.70. The molecule has 20 heavy (non-hydrogen) atoms. The van der Waals surface area contributed by atoms with E-state index in [1.54, 1.807) is 4.90 Å². The van der Waals surface area contributed by atoms with Crippen molar-refractivity contribution in [3.05, 3.63) is 32.3 Å². The number of rotatable bonds is 3. The summed E-state index contributed by atoms with van der Waals surface area (Å²) in [6, 6.07) is 1.64. The quantitative estimate of drug-likeness (QED) is 0.683. The van der Waals surface area contributed by atoms with E-state index in [1.165, 1.54) is 12.1 Å². The number of benzene rings is 1. The van der Waals surface area contributed by atoms with Crippen molar-refractivity contribution >= 4 is 40.5 Å². The monoisotopic (exact) mass is 318 g/mol. The summed E-state index contributed by atoms with van der Waals surface area (Å²) in [6.07, 6.45) is 0.695. The van der Waals surface area contributed by atoms with Gasteiger partial charge in [0.15, 0.2) is 0 Å². The van der Waals surface area contributed by atoms with Crippen LogP contribution in [-0.4, -0.2) is 28.6 Å². The minimum Gasteiger partial charge on any atom is -0.480 e. The summed E-state index contributed by atoms with van der Waals surface area (Å²) in [7, 11) is 0. The summed E-state index contributed by atoms with van der Waals surface area (Å²) < 4.78 is 0. The Bertz CT molecular complexity index is 556. The zero-order valence-corrected chi connectivity index (χ0v) is 12.1. The maximum Gasteiger partial charge on any atom is 0.326 e. The molecule has 108 valence electrons. The molecule has 1 aliphatic heterocycles. The first-order chi connectivity index (χ1) is 9.32. The second-order valence-corrected chi connectivity index (χ2v) is 5.57. The number of aliphatic carboxylic acids is 1. The smallest absolute Gasteiger partial charge is 0.326 e. The van der Waals surface area contributed by atoms with Gasteiger partial charge in [-0.25, -0.2) is 4.79 Å². The Morgan fingerprint density at radius 3 is 2.45 bits per heavy atom. The van der Waals surface area contributed by atoms with E-state index in [9.17, 15) is 20.0 Å². The highest BCUT2D eigenvalue weighted by molar-refractivity contribution is 6.39. The van der Waals surface area contributed by atoms with Gasteiger partial charge < -0.3 is 10.0 Å². The van der Waals surface area contributed by atoms with Crippen molar-refractivity contribution in [2.75, 3.05) is 11.4 Å². The summed E-state index contributed by atoms with van der Waals surface area (Å²) >= 11 is 12.1. The van der Waals surface area contributed by atoms with Crippen LogP contribution in [0, 0.1) is 16.0 Å². The van der Waals surface area contributed by atoms with Gasteiger partial charge in [0.05, 0.1) is 20.7 Å². The molecular formula is C12H12Cl2N2O4. The number of nitro benzene ring substituents is 1. The lowest BCUT2D eigenvalue weighted by atomic mass is 10.0. The molecular weight excluding hydrogens is 307 g/mol. The first-order valence-electron chi connectivity index (χ1n) is 5.95. The zero-order valence-electron chi connectivity index (χ0n) is 10.5. The Morgan fingerprint density at radius 1 is 1.45 bits per heavy atom. The molecule has 1 aromatic rings. The third-order valence-electron chi connectivity index (χ3n) is 3.45. The second kappa shape index (κ2) is 5.46. The molecule has 2 rings (SSSR count). The fourth-order valence-corrected chi connectivity index (χ4v) is 3.20. The van der Waals surface area contributed by atoms with Gasteiger partial charge in [0.2, 0.25) is 0 Å². The maximum absolute atomic E-state index is 11.4. The number of carboxylic acid groups (broad SMARTS) is 1. The van der Waals surface area contributed by atoms with E-state index in [0.29, 0.717) is 18.7 Å². The van der Waals surface area contributed by atoms with Gasteiger partial charge in [-0.05, 0) is 12.3 Å². The summed E-state index contributed by atoms with van der Waals surface area (Å²) in [6.45, 7) is 2.33. The van der Waals surface area contributed by atoms with Crippen molar-refractivity contribution < 1.29 is 14.8 Å². The molecule has 8 heteroatoms.